The number of benzene rings is 4. The first-order valence-electron chi connectivity index (χ1n) is 12.7. The number of fused-ring (bicyclic) bond motifs is 6. The van der Waals surface area contributed by atoms with Gasteiger partial charge in [-0.15, -0.1) is 0 Å². The molecule has 0 radical (unpaired) electrons. The quantitative estimate of drug-likeness (QED) is 0.246. The lowest BCUT2D eigenvalue weighted by Crippen LogP contribution is -2.15. The van der Waals surface area contributed by atoms with Gasteiger partial charge >= 0.3 is 0 Å². The molecule has 0 bridgehead atoms. The van der Waals surface area contributed by atoms with E-state index in [1.165, 1.54) is 22.3 Å². The standard InChI is InChI=1S/C29H19N3.2C2H6/c1-29(2)24-12-5-3-10-20(24)22-14-23-21-11-4-6-13-26(21)32(27(23)15-25(22)29)28-18(16-30)8-7-9-19(28)17-31;2*1-2/h3-15H,1-2H3;2*1-2H3. The Kier molecular flexibility index (Phi) is 6.69. The van der Waals surface area contributed by atoms with Crippen LogP contribution >= 0.6 is 0 Å². The first kappa shape index (κ1) is 24.8. The van der Waals surface area contributed by atoms with Crippen molar-refractivity contribution in [1.82, 2.24) is 4.57 Å². The van der Waals surface area contributed by atoms with Gasteiger partial charge in [-0.1, -0.05) is 90.1 Å². The molecule has 4 aromatic carbocycles. The van der Waals surface area contributed by atoms with Crippen LogP contribution in [0.25, 0.3) is 38.6 Å². The molecule has 36 heavy (non-hydrogen) atoms. The fraction of sp³-hybridized carbons (Fsp3) is 0.212. The fourth-order valence-electron chi connectivity index (χ4n) is 5.37. The zero-order chi connectivity index (χ0) is 26.0. The molecular weight excluding hydrogens is 438 g/mol. The van der Waals surface area contributed by atoms with Gasteiger partial charge in [0.15, 0.2) is 0 Å². The van der Waals surface area contributed by atoms with E-state index in [2.05, 4.69) is 79.1 Å². The number of hydrogen-bond acceptors (Lipinski definition) is 2. The lowest BCUT2D eigenvalue weighted by Gasteiger charge is -2.21. The highest BCUT2D eigenvalue weighted by molar-refractivity contribution is 6.12. The van der Waals surface area contributed by atoms with E-state index in [1.807, 2.05) is 39.8 Å². The van der Waals surface area contributed by atoms with E-state index in [4.69, 9.17) is 0 Å². The third kappa shape index (κ3) is 3.48. The highest BCUT2D eigenvalue weighted by Crippen LogP contribution is 2.51. The molecule has 1 aliphatic rings. The highest BCUT2D eigenvalue weighted by Gasteiger charge is 2.36. The Morgan fingerprint density at radius 3 is 1.89 bits per heavy atom. The van der Waals surface area contributed by atoms with E-state index >= 15 is 0 Å². The summed E-state index contributed by atoms with van der Waals surface area (Å²) in [5.74, 6) is 0. The summed E-state index contributed by atoms with van der Waals surface area (Å²) in [5.41, 5.74) is 8.66. The third-order valence-corrected chi connectivity index (χ3v) is 6.88. The van der Waals surface area contributed by atoms with Gasteiger partial charge in [-0.25, -0.2) is 0 Å². The molecule has 0 aliphatic heterocycles. The van der Waals surface area contributed by atoms with Crippen LogP contribution in [0.2, 0.25) is 0 Å². The Morgan fingerprint density at radius 2 is 1.22 bits per heavy atom. The minimum Gasteiger partial charge on any atom is -0.307 e. The summed E-state index contributed by atoms with van der Waals surface area (Å²) in [6.07, 6.45) is 0. The summed E-state index contributed by atoms with van der Waals surface area (Å²) >= 11 is 0. The number of hydrogen-bond donors (Lipinski definition) is 0. The van der Waals surface area contributed by atoms with Crippen LogP contribution in [0.3, 0.4) is 0 Å². The van der Waals surface area contributed by atoms with E-state index in [9.17, 15) is 10.5 Å². The van der Waals surface area contributed by atoms with E-state index in [-0.39, 0.29) is 5.41 Å². The number of rotatable bonds is 1. The van der Waals surface area contributed by atoms with Gasteiger partial charge in [0.05, 0.1) is 27.8 Å². The van der Waals surface area contributed by atoms with E-state index < -0.39 is 0 Å². The molecule has 5 aromatic rings. The molecule has 0 atom stereocenters. The molecule has 1 heterocycles. The summed E-state index contributed by atoms with van der Waals surface area (Å²) in [7, 11) is 0. The van der Waals surface area contributed by atoms with Gasteiger partial charge in [0.1, 0.15) is 12.1 Å². The molecule has 3 nitrogen and oxygen atoms in total. The Morgan fingerprint density at radius 1 is 0.611 bits per heavy atom. The smallest absolute Gasteiger partial charge is 0.101 e. The summed E-state index contributed by atoms with van der Waals surface area (Å²) < 4.78 is 2.10. The Balaban J connectivity index is 0.000000726. The molecule has 3 heteroatoms. The molecule has 0 fully saturated rings. The molecule has 0 spiro atoms. The second-order valence-electron chi connectivity index (χ2n) is 8.86. The molecular formula is C33H31N3. The molecule has 0 N–H and O–H groups in total. The highest BCUT2D eigenvalue weighted by atomic mass is 15.0. The van der Waals surface area contributed by atoms with Gasteiger partial charge in [0, 0.05) is 16.2 Å². The zero-order valence-electron chi connectivity index (χ0n) is 21.8. The van der Waals surface area contributed by atoms with Gasteiger partial charge in [0.25, 0.3) is 0 Å². The first-order chi connectivity index (χ1) is 17.6. The van der Waals surface area contributed by atoms with Crippen LogP contribution in [0, 0.1) is 22.7 Å². The van der Waals surface area contributed by atoms with Crippen LogP contribution in [0.15, 0.2) is 78.9 Å². The largest absolute Gasteiger partial charge is 0.307 e. The molecule has 0 unspecified atom stereocenters. The summed E-state index contributed by atoms with van der Waals surface area (Å²) in [6, 6.07) is 31.3. The second kappa shape index (κ2) is 9.73. The first-order valence-corrected chi connectivity index (χ1v) is 12.7. The van der Waals surface area contributed by atoms with E-state index in [1.54, 1.807) is 18.2 Å². The molecule has 0 saturated carbocycles. The van der Waals surface area contributed by atoms with Crippen molar-refractivity contribution in [2.24, 2.45) is 0 Å². The van der Waals surface area contributed by atoms with Gasteiger partial charge in [-0.2, -0.15) is 10.5 Å². The number of nitrogens with zero attached hydrogens (tertiary/aromatic N) is 3. The molecule has 0 amide bonds. The van der Waals surface area contributed by atoms with Gasteiger partial charge in [0.2, 0.25) is 0 Å². The van der Waals surface area contributed by atoms with Gasteiger partial charge in [-0.05, 0) is 52.6 Å². The van der Waals surface area contributed by atoms with Gasteiger partial charge in [-0.3, -0.25) is 0 Å². The average molecular weight is 470 g/mol. The fourth-order valence-corrected chi connectivity index (χ4v) is 5.37. The van der Waals surface area contributed by atoms with Crippen molar-refractivity contribution in [3.8, 4) is 29.0 Å². The Hall–Kier alpha value is -4.34. The third-order valence-electron chi connectivity index (χ3n) is 6.88. The zero-order valence-corrected chi connectivity index (χ0v) is 21.8. The van der Waals surface area contributed by atoms with Crippen molar-refractivity contribution in [1.29, 1.82) is 10.5 Å². The second-order valence-corrected chi connectivity index (χ2v) is 8.86. The number of nitriles is 2. The molecule has 178 valence electrons. The maximum absolute atomic E-state index is 9.86. The van der Waals surface area contributed by atoms with Crippen molar-refractivity contribution in [3.05, 3.63) is 101 Å². The van der Waals surface area contributed by atoms with Crippen LogP contribution < -0.4 is 0 Å². The van der Waals surface area contributed by atoms with Crippen molar-refractivity contribution in [3.63, 3.8) is 0 Å². The number of aromatic nitrogens is 1. The predicted molar refractivity (Wildman–Crippen MR) is 150 cm³/mol. The molecule has 6 rings (SSSR count). The summed E-state index contributed by atoms with van der Waals surface area (Å²) in [4.78, 5) is 0. The predicted octanol–water partition coefficient (Wildman–Crippen LogP) is 8.89. The monoisotopic (exact) mass is 469 g/mol. The van der Waals surface area contributed by atoms with Crippen LogP contribution in [0.4, 0.5) is 0 Å². The Labute approximate surface area is 213 Å². The van der Waals surface area contributed by atoms with E-state index in [0.29, 0.717) is 16.8 Å². The molecule has 1 aromatic heterocycles. The molecule has 0 saturated heterocycles. The minimum absolute atomic E-state index is 0.131. The van der Waals surface area contributed by atoms with Crippen LogP contribution in [-0.2, 0) is 5.41 Å². The van der Waals surface area contributed by atoms with Crippen LogP contribution in [0.1, 0.15) is 63.8 Å². The van der Waals surface area contributed by atoms with Crippen molar-refractivity contribution < 1.29 is 0 Å². The van der Waals surface area contributed by atoms with E-state index in [0.717, 1.165) is 21.8 Å². The summed E-state index contributed by atoms with van der Waals surface area (Å²) in [5, 5.41) is 22.0. The normalized spacial score (nSPS) is 12.3. The average Bonchev–Trinajstić information content (AvgIpc) is 3.38. The van der Waals surface area contributed by atoms with Gasteiger partial charge < -0.3 is 4.57 Å². The van der Waals surface area contributed by atoms with Crippen LogP contribution in [-0.4, -0.2) is 4.57 Å². The van der Waals surface area contributed by atoms with Crippen molar-refractivity contribution in [2.45, 2.75) is 47.0 Å². The SMILES string of the molecule is CC.CC.CC1(C)c2ccccc2-c2cc3c4ccccc4n(-c4c(C#N)cccc4C#N)c3cc21. The van der Waals surface area contributed by atoms with Crippen molar-refractivity contribution in [2.75, 3.05) is 0 Å². The lowest BCUT2D eigenvalue weighted by atomic mass is 9.82. The number of para-hydroxylation sites is 2. The van der Waals surface area contributed by atoms with Crippen molar-refractivity contribution >= 4 is 21.8 Å². The van der Waals surface area contributed by atoms with Crippen LogP contribution in [0.5, 0.6) is 0 Å². The lowest BCUT2D eigenvalue weighted by molar-refractivity contribution is 0.661. The summed E-state index contributed by atoms with van der Waals surface area (Å²) in [6.45, 7) is 12.5. The molecule has 1 aliphatic carbocycles. The Bertz CT molecular complexity index is 1640. The maximum Gasteiger partial charge on any atom is 0.101 e. The maximum atomic E-state index is 9.86. The minimum atomic E-state index is -0.131. The topological polar surface area (TPSA) is 52.5 Å².